The van der Waals surface area contributed by atoms with E-state index in [1.807, 2.05) is 6.92 Å². The van der Waals surface area contributed by atoms with E-state index < -0.39 is 17.8 Å². The van der Waals surface area contributed by atoms with Crippen molar-refractivity contribution in [3.05, 3.63) is 40.6 Å². The van der Waals surface area contributed by atoms with E-state index in [2.05, 4.69) is 42.0 Å². The number of nitrogens with two attached hydrogens (primary N) is 1. The predicted molar refractivity (Wildman–Crippen MR) is 164 cm³/mol. The van der Waals surface area contributed by atoms with E-state index in [4.69, 9.17) is 26.3 Å². The van der Waals surface area contributed by atoms with Crippen molar-refractivity contribution in [2.24, 2.45) is 17.1 Å². The minimum atomic E-state index is -4.24. The van der Waals surface area contributed by atoms with Gasteiger partial charge < -0.3 is 36.5 Å². The summed E-state index contributed by atoms with van der Waals surface area (Å²) >= 11 is 4.25. The zero-order valence-corrected chi connectivity index (χ0v) is 25.4. The van der Waals surface area contributed by atoms with Crippen LogP contribution in [0.1, 0.15) is 77.5 Å². The Balaban J connectivity index is 1.56. The standard InChI is InChI=1S/C29H44F3N7O2S/c1-19(22(42)17-33)36-13-5-4-6-20-16-27(2,3)39(18-20)26-21(25(35)40)7-8-24(38-26)37-14-9-23(34)41-15-12-28(10-11-28)29(30,31)32/h7-9,14,17,20,25,33-34,36,40,42H,4-6,10-13,15-16,18,35H2,1-3H3,(H,37,38)/b14-9-,22-19+,33-17?,34-23?. The van der Waals surface area contributed by atoms with Crippen molar-refractivity contribution in [1.82, 2.24) is 10.3 Å². The molecule has 0 amide bonds. The Kier molecular flexibility index (Phi) is 11.4. The van der Waals surface area contributed by atoms with Gasteiger partial charge in [-0.05, 0) is 77.3 Å². The van der Waals surface area contributed by atoms with E-state index in [9.17, 15) is 18.3 Å². The molecular formula is C29H44F3N7O2S. The number of aliphatic hydroxyl groups excluding tert-OH is 1. The summed E-state index contributed by atoms with van der Waals surface area (Å²) in [4.78, 5) is 7.54. The van der Waals surface area contributed by atoms with Gasteiger partial charge >= 0.3 is 6.18 Å². The molecule has 1 saturated heterocycles. The molecule has 1 aromatic rings. The number of anilines is 2. The van der Waals surface area contributed by atoms with Crippen molar-refractivity contribution in [1.29, 1.82) is 10.8 Å². The first-order chi connectivity index (χ1) is 19.7. The summed E-state index contributed by atoms with van der Waals surface area (Å²) in [6.07, 6.45) is 2.64. The van der Waals surface area contributed by atoms with E-state index in [0.717, 1.165) is 44.5 Å². The van der Waals surface area contributed by atoms with Gasteiger partial charge in [0, 0.05) is 53.3 Å². The topological polar surface area (TPSA) is 143 Å². The van der Waals surface area contributed by atoms with Crippen LogP contribution in [0.4, 0.5) is 24.8 Å². The summed E-state index contributed by atoms with van der Waals surface area (Å²) < 4.78 is 44.4. The Hall–Kier alpha value is -2.77. The zero-order valence-electron chi connectivity index (χ0n) is 24.5. The number of hydrogen-bond donors (Lipinski definition) is 7. The lowest BCUT2D eigenvalue weighted by molar-refractivity contribution is -0.190. The fourth-order valence-corrected chi connectivity index (χ4v) is 5.48. The molecule has 2 heterocycles. The van der Waals surface area contributed by atoms with Crippen LogP contribution in [0.5, 0.6) is 0 Å². The largest absolute Gasteiger partial charge is 0.478 e. The maximum atomic E-state index is 13.1. The molecule has 13 heteroatoms. The van der Waals surface area contributed by atoms with Gasteiger partial charge in [0.1, 0.15) is 17.9 Å². The summed E-state index contributed by atoms with van der Waals surface area (Å²) in [5.41, 5.74) is 5.41. The average Bonchev–Trinajstić information content (AvgIpc) is 3.65. The first kappa shape index (κ1) is 33.7. The van der Waals surface area contributed by atoms with Gasteiger partial charge in [0.2, 0.25) is 5.90 Å². The van der Waals surface area contributed by atoms with Crippen LogP contribution in [0.15, 0.2) is 35.0 Å². The van der Waals surface area contributed by atoms with Crippen LogP contribution >= 0.6 is 12.6 Å². The third-order valence-electron chi connectivity index (χ3n) is 8.15. The van der Waals surface area contributed by atoms with Crippen LogP contribution in [-0.4, -0.2) is 53.6 Å². The Morgan fingerprint density at radius 2 is 2.05 bits per heavy atom. The van der Waals surface area contributed by atoms with Crippen LogP contribution < -0.4 is 21.3 Å². The summed E-state index contributed by atoms with van der Waals surface area (Å²) in [6, 6.07) is 3.38. The first-order valence-electron chi connectivity index (χ1n) is 14.3. The van der Waals surface area contributed by atoms with Crippen molar-refractivity contribution >= 4 is 36.4 Å². The van der Waals surface area contributed by atoms with E-state index in [1.165, 1.54) is 18.5 Å². The molecule has 2 fully saturated rings. The number of alkyl halides is 3. The van der Waals surface area contributed by atoms with Gasteiger partial charge in [-0.2, -0.15) is 13.2 Å². The number of aromatic nitrogens is 1. The molecule has 0 bridgehead atoms. The normalized spacial score (nSPS) is 20.7. The Labute approximate surface area is 251 Å². The molecule has 9 nitrogen and oxygen atoms in total. The fraction of sp³-hybridized carbons (Fsp3) is 0.621. The van der Waals surface area contributed by atoms with E-state index in [0.29, 0.717) is 28.0 Å². The molecule has 42 heavy (non-hydrogen) atoms. The van der Waals surface area contributed by atoms with E-state index in [1.54, 1.807) is 12.1 Å². The molecule has 3 rings (SSSR count). The summed E-state index contributed by atoms with van der Waals surface area (Å²) in [6.45, 7) is 7.60. The maximum Gasteiger partial charge on any atom is 0.394 e. The smallest absolute Gasteiger partial charge is 0.394 e. The van der Waals surface area contributed by atoms with Crippen LogP contribution in [0.3, 0.4) is 0 Å². The summed E-state index contributed by atoms with van der Waals surface area (Å²) in [5, 5.41) is 31.7. The predicted octanol–water partition coefficient (Wildman–Crippen LogP) is 5.86. The molecule has 2 atom stereocenters. The third kappa shape index (κ3) is 8.87. The number of unbranched alkanes of at least 4 members (excludes halogenated alkanes) is 1. The maximum absolute atomic E-state index is 13.1. The number of allylic oxidation sites excluding steroid dienone is 2. The van der Waals surface area contributed by atoms with Crippen LogP contribution in [0, 0.1) is 22.2 Å². The summed E-state index contributed by atoms with van der Waals surface area (Å²) in [5.74, 6) is 1.24. The van der Waals surface area contributed by atoms with E-state index >= 15 is 0 Å². The molecule has 2 unspecified atom stereocenters. The Bertz CT molecular complexity index is 1170. The van der Waals surface area contributed by atoms with Gasteiger partial charge in [-0.1, -0.05) is 6.42 Å². The van der Waals surface area contributed by atoms with Crippen LogP contribution in [-0.2, 0) is 4.74 Å². The molecule has 1 saturated carbocycles. The Morgan fingerprint density at radius 1 is 1.33 bits per heavy atom. The fourth-order valence-electron chi connectivity index (χ4n) is 5.41. The Morgan fingerprint density at radius 3 is 2.67 bits per heavy atom. The number of thiol groups is 1. The molecule has 0 aromatic carbocycles. The average molecular weight is 612 g/mol. The molecule has 234 valence electrons. The minimum absolute atomic E-state index is 0.111. The minimum Gasteiger partial charge on any atom is -0.478 e. The molecule has 7 N–H and O–H groups in total. The molecule has 0 spiro atoms. The highest BCUT2D eigenvalue weighted by atomic mass is 32.1. The molecule has 2 aliphatic rings. The van der Waals surface area contributed by atoms with Gasteiger partial charge in [-0.15, -0.1) is 12.6 Å². The zero-order chi connectivity index (χ0) is 31.1. The second-order valence-corrected chi connectivity index (χ2v) is 12.3. The van der Waals surface area contributed by atoms with Crippen molar-refractivity contribution < 1.29 is 23.0 Å². The first-order valence-corrected chi connectivity index (χ1v) is 14.7. The van der Waals surface area contributed by atoms with Gasteiger partial charge in [0.25, 0.3) is 0 Å². The van der Waals surface area contributed by atoms with Gasteiger partial charge in [0.15, 0.2) is 0 Å². The number of pyridine rings is 1. The summed E-state index contributed by atoms with van der Waals surface area (Å²) in [7, 11) is 0. The quantitative estimate of drug-likeness (QED) is 0.0433. The lowest BCUT2D eigenvalue weighted by Gasteiger charge is -2.34. The second-order valence-electron chi connectivity index (χ2n) is 11.8. The molecule has 1 aromatic heterocycles. The molecule has 1 aliphatic carbocycles. The van der Waals surface area contributed by atoms with Crippen LogP contribution in [0.25, 0.3) is 0 Å². The highest BCUT2D eigenvalue weighted by Crippen LogP contribution is 2.59. The molecular weight excluding hydrogens is 567 g/mol. The number of halogens is 3. The third-order valence-corrected chi connectivity index (χ3v) is 8.61. The van der Waals surface area contributed by atoms with E-state index in [-0.39, 0.29) is 37.3 Å². The number of aliphatic hydroxyl groups is 1. The monoisotopic (exact) mass is 611 g/mol. The van der Waals surface area contributed by atoms with Crippen molar-refractivity contribution in [2.45, 2.75) is 83.7 Å². The van der Waals surface area contributed by atoms with Gasteiger partial charge in [-0.25, -0.2) is 4.98 Å². The highest BCUT2D eigenvalue weighted by Gasteiger charge is 2.62. The number of nitrogens with zero attached hydrogens (tertiary/aromatic N) is 2. The lowest BCUT2D eigenvalue weighted by Crippen LogP contribution is -2.40. The van der Waals surface area contributed by atoms with Crippen LogP contribution in [0.2, 0.25) is 0 Å². The van der Waals surface area contributed by atoms with Crippen molar-refractivity contribution in [3.8, 4) is 0 Å². The van der Waals surface area contributed by atoms with Crippen molar-refractivity contribution in [2.75, 3.05) is 29.9 Å². The SMILES string of the molecule is C/C(NCCCCC1CN(c2nc(N/C=C\C(=N)OCCC3(C(F)(F)F)CC3)ccc2C(N)O)C(C)(C)C1)=C(\S)C=N. The number of rotatable bonds is 15. The van der Waals surface area contributed by atoms with Crippen molar-refractivity contribution in [3.63, 3.8) is 0 Å². The number of nitrogens with one attached hydrogen (secondary N) is 4. The lowest BCUT2D eigenvalue weighted by atomic mass is 9.93. The highest BCUT2D eigenvalue weighted by molar-refractivity contribution is 7.85. The van der Waals surface area contributed by atoms with Gasteiger partial charge in [-0.3, -0.25) is 5.41 Å². The molecule has 0 radical (unpaired) electrons. The molecule has 1 aliphatic heterocycles. The van der Waals surface area contributed by atoms with Gasteiger partial charge in [0.05, 0.1) is 12.0 Å². The number of hydrogen-bond acceptors (Lipinski definition) is 10. The number of ether oxygens (including phenoxy) is 1. The second kappa shape index (κ2) is 14.1.